The molecular formula is C14H24N2O3. The van der Waals surface area contributed by atoms with Gasteiger partial charge in [0, 0.05) is 18.6 Å². The van der Waals surface area contributed by atoms with Crippen molar-refractivity contribution in [1.82, 2.24) is 9.80 Å². The van der Waals surface area contributed by atoms with Gasteiger partial charge in [-0.1, -0.05) is 6.42 Å². The number of aliphatic carboxylic acids is 1. The minimum atomic E-state index is -0.956. The lowest BCUT2D eigenvalue weighted by atomic mass is 10.0. The molecular weight excluding hydrogens is 244 g/mol. The van der Waals surface area contributed by atoms with Crippen molar-refractivity contribution in [2.75, 3.05) is 19.6 Å². The van der Waals surface area contributed by atoms with Gasteiger partial charge in [-0.3, -0.25) is 4.79 Å². The summed E-state index contributed by atoms with van der Waals surface area (Å²) in [7, 11) is 0. The van der Waals surface area contributed by atoms with E-state index in [4.69, 9.17) is 5.11 Å². The molecule has 1 N–H and O–H groups in total. The first-order valence-electron chi connectivity index (χ1n) is 7.07. The second kappa shape index (κ2) is 5.02. The number of nitrogens with zero attached hydrogens (tertiary/aromatic N) is 2. The molecule has 1 aliphatic carbocycles. The Bertz CT molecular complexity index is 363. The predicted molar refractivity (Wildman–Crippen MR) is 71.9 cm³/mol. The highest BCUT2D eigenvalue weighted by Gasteiger charge is 2.41. The molecule has 108 valence electrons. The zero-order valence-electron chi connectivity index (χ0n) is 12.1. The van der Waals surface area contributed by atoms with Crippen molar-refractivity contribution in [2.45, 2.75) is 45.6 Å². The fourth-order valence-electron chi connectivity index (χ4n) is 3.29. The molecule has 0 spiro atoms. The maximum Gasteiger partial charge on any atom is 0.323 e. The van der Waals surface area contributed by atoms with Crippen LogP contribution in [0, 0.1) is 11.8 Å². The van der Waals surface area contributed by atoms with E-state index in [-0.39, 0.29) is 12.6 Å². The smallest absolute Gasteiger partial charge is 0.323 e. The average molecular weight is 268 g/mol. The van der Waals surface area contributed by atoms with Crippen LogP contribution in [0.4, 0.5) is 4.79 Å². The number of carbonyl (C=O) groups is 2. The third-order valence-electron chi connectivity index (χ3n) is 4.33. The first-order chi connectivity index (χ1) is 8.79. The van der Waals surface area contributed by atoms with E-state index in [1.807, 2.05) is 25.7 Å². The largest absolute Gasteiger partial charge is 0.480 e. The lowest BCUT2D eigenvalue weighted by Crippen LogP contribution is -2.53. The molecule has 2 atom stereocenters. The second-order valence-electron chi connectivity index (χ2n) is 6.79. The lowest BCUT2D eigenvalue weighted by molar-refractivity contribution is -0.138. The lowest BCUT2D eigenvalue weighted by Gasteiger charge is -2.37. The van der Waals surface area contributed by atoms with Crippen molar-refractivity contribution in [1.29, 1.82) is 0 Å². The molecule has 19 heavy (non-hydrogen) atoms. The number of carboxylic acid groups (broad SMARTS) is 1. The summed E-state index contributed by atoms with van der Waals surface area (Å²) in [6.07, 6.45) is 3.70. The molecule has 2 aliphatic rings. The Labute approximate surface area is 114 Å². The predicted octanol–water partition coefficient (Wildman–Crippen LogP) is 2.02. The van der Waals surface area contributed by atoms with Gasteiger partial charge >= 0.3 is 12.0 Å². The number of rotatable bonds is 2. The molecule has 1 saturated carbocycles. The molecule has 1 saturated heterocycles. The van der Waals surface area contributed by atoms with Gasteiger partial charge in [0.1, 0.15) is 6.54 Å². The molecule has 0 aromatic heterocycles. The fourth-order valence-corrected chi connectivity index (χ4v) is 3.29. The number of amides is 2. The summed E-state index contributed by atoms with van der Waals surface area (Å²) >= 11 is 0. The van der Waals surface area contributed by atoms with E-state index in [9.17, 15) is 9.59 Å². The average Bonchev–Trinajstić information content (AvgIpc) is 2.82. The number of hydrogen-bond acceptors (Lipinski definition) is 2. The molecule has 1 aliphatic heterocycles. The zero-order chi connectivity index (χ0) is 14.2. The van der Waals surface area contributed by atoms with Crippen molar-refractivity contribution in [3.05, 3.63) is 0 Å². The van der Waals surface area contributed by atoms with Gasteiger partial charge in [0.15, 0.2) is 0 Å². The summed E-state index contributed by atoms with van der Waals surface area (Å²) in [5, 5.41) is 8.99. The Morgan fingerprint density at radius 2 is 1.74 bits per heavy atom. The molecule has 0 bridgehead atoms. The van der Waals surface area contributed by atoms with Gasteiger partial charge in [0.2, 0.25) is 0 Å². The number of carboxylic acids is 1. The van der Waals surface area contributed by atoms with Crippen LogP contribution in [0.5, 0.6) is 0 Å². The highest BCUT2D eigenvalue weighted by Crippen LogP contribution is 2.38. The minimum absolute atomic E-state index is 0.121. The van der Waals surface area contributed by atoms with Crippen LogP contribution in [0.25, 0.3) is 0 Å². The molecule has 2 fully saturated rings. The maximum absolute atomic E-state index is 12.5. The summed E-state index contributed by atoms with van der Waals surface area (Å²) in [5.41, 5.74) is -0.465. The Morgan fingerprint density at radius 3 is 2.16 bits per heavy atom. The molecule has 2 rings (SSSR count). The van der Waals surface area contributed by atoms with Gasteiger partial charge in [-0.05, 0) is 45.4 Å². The highest BCUT2D eigenvalue weighted by molar-refractivity contribution is 5.81. The molecule has 1 heterocycles. The maximum atomic E-state index is 12.5. The zero-order valence-corrected chi connectivity index (χ0v) is 12.1. The topological polar surface area (TPSA) is 60.9 Å². The fraction of sp³-hybridized carbons (Fsp3) is 0.857. The van der Waals surface area contributed by atoms with Gasteiger partial charge in [0.25, 0.3) is 0 Å². The van der Waals surface area contributed by atoms with Crippen molar-refractivity contribution in [2.24, 2.45) is 11.8 Å². The Balaban J connectivity index is 2.05. The van der Waals surface area contributed by atoms with Gasteiger partial charge in [-0.15, -0.1) is 0 Å². The molecule has 0 radical (unpaired) electrons. The van der Waals surface area contributed by atoms with Crippen LogP contribution < -0.4 is 0 Å². The van der Waals surface area contributed by atoms with Crippen molar-refractivity contribution in [3.63, 3.8) is 0 Å². The van der Waals surface area contributed by atoms with Crippen molar-refractivity contribution < 1.29 is 14.7 Å². The molecule has 5 nitrogen and oxygen atoms in total. The van der Waals surface area contributed by atoms with Crippen molar-refractivity contribution in [3.8, 4) is 0 Å². The minimum Gasteiger partial charge on any atom is -0.480 e. The van der Waals surface area contributed by atoms with Crippen LogP contribution >= 0.6 is 0 Å². The Kier molecular flexibility index (Phi) is 3.74. The van der Waals surface area contributed by atoms with E-state index in [1.165, 1.54) is 24.2 Å². The number of hydrogen-bond donors (Lipinski definition) is 1. The summed E-state index contributed by atoms with van der Waals surface area (Å²) in [6, 6.07) is -0.121. The van der Waals surface area contributed by atoms with E-state index < -0.39 is 11.5 Å². The van der Waals surface area contributed by atoms with Gasteiger partial charge in [-0.2, -0.15) is 0 Å². The number of carbonyl (C=O) groups excluding carboxylic acids is 1. The van der Waals surface area contributed by atoms with Crippen molar-refractivity contribution >= 4 is 12.0 Å². The van der Waals surface area contributed by atoms with E-state index >= 15 is 0 Å². The highest BCUT2D eigenvalue weighted by atomic mass is 16.4. The van der Waals surface area contributed by atoms with Crippen LogP contribution in [0.1, 0.15) is 40.0 Å². The van der Waals surface area contributed by atoms with Gasteiger partial charge in [-0.25, -0.2) is 4.79 Å². The molecule has 2 amide bonds. The molecule has 0 aromatic rings. The second-order valence-corrected chi connectivity index (χ2v) is 6.79. The third-order valence-corrected chi connectivity index (χ3v) is 4.33. The van der Waals surface area contributed by atoms with E-state index in [2.05, 4.69) is 0 Å². The third kappa shape index (κ3) is 3.01. The molecule has 0 aromatic carbocycles. The standard InChI is InChI=1S/C14H24N2O3/c1-14(2,3)16(9-12(17)18)13(19)15-7-10-5-4-6-11(10)8-15/h10-11H,4-9H2,1-3H3,(H,17,18). The van der Waals surface area contributed by atoms with Crippen LogP contribution in [-0.4, -0.2) is 52.1 Å². The SMILES string of the molecule is CC(C)(C)N(CC(=O)O)C(=O)N1CC2CCCC2C1. The number of fused-ring (bicyclic) bond motifs is 1. The van der Waals surface area contributed by atoms with Crippen LogP contribution in [0.15, 0.2) is 0 Å². The number of likely N-dealkylation sites (tertiary alicyclic amines) is 1. The van der Waals surface area contributed by atoms with Gasteiger partial charge < -0.3 is 14.9 Å². The summed E-state index contributed by atoms with van der Waals surface area (Å²) < 4.78 is 0. The van der Waals surface area contributed by atoms with E-state index in [0.29, 0.717) is 11.8 Å². The summed E-state index contributed by atoms with van der Waals surface area (Å²) in [5.74, 6) is 0.314. The molecule has 5 heteroatoms. The first kappa shape index (κ1) is 14.2. The molecule has 2 unspecified atom stereocenters. The normalized spacial score (nSPS) is 26.4. The van der Waals surface area contributed by atoms with Crippen LogP contribution in [0.2, 0.25) is 0 Å². The van der Waals surface area contributed by atoms with Crippen LogP contribution in [0.3, 0.4) is 0 Å². The van der Waals surface area contributed by atoms with Crippen LogP contribution in [-0.2, 0) is 4.79 Å². The van der Waals surface area contributed by atoms with E-state index in [0.717, 1.165) is 13.1 Å². The number of urea groups is 1. The Morgan fingerprint density at radius 1 is 1.21 bits per heavy atom. The summed E-state index contributed by atoms with van der Waals surface area (Å²) in [6.45, 7) is 7.01. The quantitative estimate of drug-likeness (QED) is 0.833. The first-order valence-corrected chi connectivity index (χ1v) is 7.07. The Hall–Kier alpha value is -1.26. The van der Waals surface area contributed by atoms with E-state index in [1.54, 1.807) is 0 Å². The summed E-state index contributed by atoms with van der Waals surface area (Å²) in [4.78, 5) is 26.8. The van der Waals surface area contributed by atoms with Gasteiger partial charge in [0.05, 0.1) is 0 Å². The monoisotopic (exact) mass is 268 g/mol.